The minimum atomic E-state index is -0.214. The van der Waals surface area contributed by atoms with Gasteiger partial charge in [-0.15, -0.1) is 0 Å². The quantitative estimate of drug-likeness (QED) is 0.747. The molecule has 7 heteroatoms. The van der Waals surface area contributed by atoms with Crippen LogP contribution in [0.25, 0.3) is 5.78 Å². The highest BCUT2D eigenvalue weighted by molar-refractivity contribution is 5.90. The molecular weight excluding hydrogens is 318 g/mol. The fourth-order valence-electron chi connectivity index (χ4n) is 2.70. The van der Waals surface area contributed by atoms with E-state index < -0.39 is 0 Å². The summed E-state index contributed by atoms with van der Waals surface area (Å²) in [5, 5.41) is 5.59. The van der Waals surface area contributed by atoms with Crippen molar-refractivity contribution in [2.24, 2.45) is 0 Å². The molecule has 0 aliphatic rings. The molecule has 0 saturated carbocycles. The van der Waals surface area contributed by atoms with E-state index in [1.165, 1.54) is 16.4 Å². The zero-order valence-corrected chi connectivity index (χ0v) is 14.5. The number of aromatic amines is 1. The van der Waals surface area contributed by atoms with Crippen molar-refractivity contribution in [1.82, 2.24) is 19.6 Å². The molecule has 0 bridgehead atoms. The highest BCUT2D eigenvalue weighted by Gasteiger charge is 2.13. The van der Waals surface area contributed by atoms with Crippen LogP contribution in [0, 0.1) is 6.92 Å². The van der Waals surface area contributed by atoms with Gasteiger partial charge in [-0.1, -0.05) is 26.0 Å². The second-order valence-corrected chi connectivity index (χ2v) is 6.33. The molecular formula is C18H21N5O2. The maximum atomic E-state index is 12.4. The largest absolute Gasteiger partial charge is 0.326 e. The summed E-state index contributed by atoms with van der Waals surface area (Å²) in [5.41, 5.74) is 2.89. The average Bonchev–Trinajstić information content (AvgIpc) is 3.03. The van der Waals surface area contributed by atoms with Crippen molar-refractivity contribution in [3.8, 4) is 0 Å². The first-order chi connectivity index (χ1) is 12.0. The summed E-state index contributed by atoms with van der Waals surface area (Å²) in [4.78, 5) is 32.8. The number of hydrogen-bond donors (Lipinski definition) is 2. The summed E-state index contributed by atoms with van der Waals surface area (Å²) in [6.07, 6.45) is 1.96. The van der Waals surface area contributed by atoms with Crippen LogP contribution in [0.15, 0.2) is 35.4 Å². The number of amides is 1. The number of fused-ring (bicyclic) bond motifs is 1. The van der Waals surface area contributed by atoms with Gasteiger partial charge in [-0.25, -0.2) is 9.97 Å². The number of rotatable bonds is 5. The van der Waals surface area contributed by atoms with Crippen molar-refractivity contribution in [3.05, 3.63) is 57.8 Å². The third kappa shape index (κ3) is 3.60. The predicted octanol–water partition coefficient (Wildman–Crippen LogP) is 2.42. The Kier molecular flexibility index (Phi) is 4.65. The summed E-state index contributed by atoms with van der Waals surface area (Å²) in [7, 11) is 0. The number of carbonyl (C=O) groups is 1. The van der Waals surface area contributed by atoms with Gasteiger partial charge in [0, 0.05) is 17.7 Å². The van der Waals surface area contributed by atoms with Crippen LogP contribution in [0.3, 0.4) is 0 Å². The van der Waals surface area contributed by atoms with Crippen molar-refractivity contribution in [1.29, 1.82) is 0 Å². The van der Waals surface area contributed by atoms with Gasteiger partial charge in [0.2, 0.25) is 5.91 Å². The number of aryl methyl sites for hydroxylation is 1. The number of anilines is 1. The zero-order chi connectivity index (χ0) is 18.0. The average molecular weight is 339 g/mol. The van der Waals surface area contributed by atoms with Gasteiger partial charge in [-0.3, -0.25) is 14.7 Å². The minimum Gasteiger partial charge on any atom is -0.326 e. The Labute approximate surface area is 145 Å². The highest BCUT2D eigenvalue weighted by Crippen LogP contribution is 2.17. The van der Waals surface area contributed by atoms with Gasteiger partial charge < -0.3 is 5.32 Å². The number of H-pyrrole nitrogens is 1. The predicted molar refractivity (Wildman–Crippen MR) is 95.8 cm³/mol. The fourth-order valence-corrected chi connectivity index (χ4v) is 2.70. The van der Waals surface area contributed by atoms with Crippen molar-refractivity contribution >= 4 is 17.4 Å². The Morgan fingerprint density at radius 3 is 2.68 bits per heavy atom. The molecule has 0 unspecified atom stereocenters. The van der Waals surface area contributed by atoms with Crippen molar-refractivity contribution in [2.75, 3.05) is 5.32 Å². The van der Waals surface area contributed by atoms with E-state index in [2.05, 4.69) is 34.2 Å². The SMILES string of the molecule is Cc1nc2nc[nH]n2c(=O)c1CCC(=O)Nc1ccc(C(C)C)cc1. The molecule has 0 aliphatic heterocycles. The van der Waals surface area contributed by atoms with E-state index in [0.717, 1.165) is 5.69 Å². The molecule has 0 spiro atoms. The first kappa shape index (κ1) is 16.9. The monoisotopic (exact) mass is 339 g/mol. The van der Waals surface area contributed by atoms with E-state index in [9.17, 15) is 9.59 Å². The molecule has 1 amide bonds. The van der Waals surface area contributed by atoms with Crippen LogP contribution in [0.2, 0.25) is 0 Å². The lowest BCUT2D eigenvalue weighted by Gasteiger charge is -2.09. The molecule has 1 aromatic carbocycles. The maximum absolute atomic E-state index is 12.4. The second-order valence-electron chi connectivity index (χ2n) is 6.33. The number of nitrogens with one attached hydrogen (secondary N) is 2. The van der Waals surface area contributed by atoms with Gasteiger partial charge in [0.05, 0.1) is 5.69 Å². The number of nitrogens with zero attached hydrogens (tertiary/aromatic N) is 3. The molecule has 25 heavy (non-hydrogen) atoms. The molecule has 2 heterocycles. The summed E-state index contributed by atoms with van der Waals surface area (Å²) in [6, 6.07) is 7.80. The van der Waals surface area contributed by atoms with Crippen LogP contribution >= 0.6 is 0 Å². The third-order valence-electron chi connectivity index (χ3n) is 4.20. The van der Waals surface area contributed by atoms with E-state index in [0.29, 0.717) is 29.4 Å². The van der Waals surface area contributed by atoms with Gasteiger partial charge in [-0.05, 0) is 37.0 Å². The maximum Gasteiger partial charge on any atom is 0.277 e. The lowest BCUT2D eigenvalue weighted by atomic mass is 10.0. The topological polar surface area (TPSA) is 92.2 Å². The first-order valence-corrected chi connectivity index (χ1v) is 8.27. The number of carbonyl (C=O) groups excluding carboxylic acids is 1. The molecule has 0 aliphatic carbocycles. The van der Waals surface area contributed by atoms with E-state index >= 15 is 0 Å². The fraction of sp³-hybridized carbons (Fsp3) is 0.333. The lowest BCUT2D eigenvalue weighted by Crippen LogP contribution is -2.23. The van der Waals surface area contributed by atoms with Gasteiger partial charge in [0.1, 0.15) is 6.33 Å². The van der Waals surface area contributed by atoms with E-state index in [4.69, 9.17) is 0 Å². The Morgan fingerprint density at radius 2 is 2.00 bits per heavy atom. The molecule has 130 valence electrons. The van der Waals surface area contributed by atoms with Crippen LogP contribution in [0.4, 0.5) is 5.69 Å². The normalized spacial score (nSPS) is 11.2. The molecule has 0 atom stereocenters. The van der Waals surface area contributed by atoms with Crippen molar-refractivity contribution in [3.63, 3.8) is 0 Å². The molecule has 3 rings (SSSR count). The van der Waals surface area contributed by atoms with Gasteiger partial charge in [0.15, 0.2) is 0 Å². The van der Waals surface area contributed by atoms with Gasteiger partial charge in [0.25, 0.3) is 11.3 Å². The second kappa shape index (κ2) is 6.88. The highest BCUT2D eigenvalue weighted by atomic mass is 16.1. The van der Waals surface area contributed by atoms with Crippen LogP contribution in [-0.2, 0) is 11.2 Å². The van der Waals surface area contributed by atoms with E-state index in [1.807, 2.05) is 24.3 Å². The minimum absolute atomic E-state index is 0.134. The number of aromatic nitrogens is 4. The van der Waals surface area contributed by atoms with Crippen LogP contribution < -0.4 is 10.9 Å². The zero-order valence-electron chi connectivity index (χ0n) is 14.5. The lowest BCUT2D eigenvalue weighted by molar-refractivity contribution is -0.116. The molecule has 3 aromatic rings. The summed E-state index contributed by atoms with van der Waals surface area (Å²) in [6.45, 7) is 6.01. The Balaban J connectivity index is 1.67. The number of hydrogen-bond acceptors (Lipinski definition) is 4. The molecule has 0 radical (unpaired) electrons. The van der Waals surface area contributed by atoms with E-state index in [-0.39, 0.29) is 17.9 Å². The summed E-state index contributed by atoms with van der Waals surface area (Å²) in [5.74, 6) is 0.650. The van der Waals surface area contributed by atoms with Crippen molar-refractivity contribution in [2.45, 2.75) is 39.5 Å². The third-order valence-corrected chi connectivity index (χ3v) is 4.20. The number of benzene rings is 1. The van der Waals surface area contributed by atoms with Crippen molar-refractivity contribution < 1.29 is 4.79 Å². The standard InChI is InChI=1S/C18H21N5O2/c1-11(2)13-4-6-14(7-5-13)22-16(24)9-8-15-12(3)21-18-19-10-20-23(18)17(15)25/h4-7,10-11H,8-9H2,1-3H3,(H,22,24)(H,19,20,21). The Bertz CT molecular complexity index is 954. The van der Waals surface area contributed by atoms with Crippen LogP contribution in [-0.4, -0.2) is 25.5 Å². The Hall–Kier alpha value is -2.96. The van der Waals surface area contributed by atoms with Crippen LogP contribution in [0.1, 0.15) is 43.0 Å². The molecule has 0 fully saturated rings. The van der Waals surface area contributed by atoms with Gasteiger partial charge in [-0.2, -0.15) is 4.52 Å². The van der Waals surface area contributed by atoms with Gasteiger partial charge >= 0.3 is 0 Å². The van der Waals surface area contributed by atoms with E-state index in [1.54, 1.807) is 6.92 Å². The summed E-state index contributed by atoms with van der Waals surface area (Å²) < 4.78 is 1.28. The summed E-state index contributed by atoms with van der Waals surface area (Å²) >= 11 is 0. The first-order valence-electron chi connectivity index (χ1n) is 8.27. The van der Waals surface area contributed by atoms with Crippen LogP contribution in [0.5, 0.6) is 0 Å². The Morgan fingerprint density at radius 1 is 1.28 bits per heavy atom. The smallest absolute Gasteiger partial charge is 0.277 e. The molecule has 7 nitrogen and oxygen atoms in total. The molecule has 0 saturated heterocycles. The molecule has 2 N–H and O–H groups in total. The molecule has 2 aromatic heterocycles.